The van der Waals surface area contributed by atoms with Crippen LogP contribution in [0.5, 0.6) is 0 Å². The molecule has 0 spiro atoms. The summed E-state index contributed by atoms with van der Waals surface area (Å²) in [6, 6.07) is 7.45. The number of benzene rings is 2. The first-order valence-electron chi connectivity index (χ1n) is 5.29. The molecule has 2 aromatic rings. The minimum atomic E-state index is -0.690. The molecule has 0 aromatic heterocycles. The molecule has 2 aromatic carbocycles. The number of nitrogens with one attached hydrogen (secondary N) is 1. The van der Waals surface area contributed by atoms with E-state index in [0.29, 0.717) is 0 Å². The number of amides is 1. The van der Waals surface area contributed by atoms with Crippen LogP contribution < -0.4 is 11.1 Å². The Hall–Kier alpha value is -2.14. The zero-order valence-corrected chi connectivity index (χ0v) is 10.3. The minimum Gasteiger partial charge on any atom is -0.396 e. The Kier molecular flexibility index (Phi) is 3.66. The lowest BCUT2D eigenvalue weighted by Crippen LogP contribution is -2.14. The summed E-state index contributed by atoms with van der Waals surface area (Å²) in [7, 11) is 0. The van der Waals surface area contributed by atoms with Gasteiger partial charge in [-0.25, -0.2) is 8.78 Å². The van der Waals surface area contributed by atoms with E-state index in [4.69, 9.17) is 17.3 Å². The number of halogens is 3. The summed E-state index contributed by atoms with van der Waals surface area (Å²) in [5.41, 5.74) is 5.34. The zero-order valence-electron chi connectivity index (χ0n) is 9.58. The third-order valence-electron chi connectivity index (χ3n) is 2.42. The van der Waals surface area contributed by atoms with E-state index in [2.05, 4.69) is 5.32 Å². The summed E-state index contributed by atoms with van der Waals surface area (Å²) in [4.78, 5) is 11.9. The van der Waals surface area contributed by atoms with Gasteiger partial charge < -0.3 is 11.1 Å². The van der Waals surface area contributed by atoms with Crippen LogP contribution in [0, 0.1) is 11.6 Å². The summed E-state index contributed by atoms with van der Waals surface area (Å²) in [5.74, 6) is -1.92. The van der Waals surface area contributed by atoms with E-state index in [1.807, 2.05) is 0 Å². The first-order chi connectivity index (χ1) is 8.97. The van der Waals surface area contributed by atoms with Crippen molar-refractivity contribution >= 4 is 28.9 Å². The molecule has 2 rings (SSSR count). The third-order valence-corrected chi connectivity index (χ3v) is 2.64. The molecule has 0 aliphatic carbocycles. The van der Waals surface area contributed by atoms with Gasteiger partial charge in [-0.15, -0.1) is 0 Å². The summed E-state index contributed by atoms with van der Waals surface area (Å²) >= 11 is 5.66. The van der Waals surface area contributed by atoms with Crippen LogP contribution in [0.25, 0.3) is 0 Å². The van der Waals surface area contributed by atoms with Crippen molar-refractivity contribution < 1.29 is 13.6 Å². The molecule has 6 heteroatoms. The first kappa shape index (κ1) is 13.3. The second kappa shape index (κ2) is 5.24. The predicted octanol–water partition coefficient (Wildman–Crippen LogP) is 3.45. The maximum absolute atomic E-state index is 13.2. The number of hydrogen-bond acceptors (Lipinski definition) is 2. The fourth-order valence-corrected chi connectivity index (χ4v) is 1.78. The van der Waals surface area contributed by atoms with Crippen molar-refractivity contribution in [2.24, 2.45) is 0 Å². The van der Waals surface area contributed by atoms with Crippen LogP contribution in [0.15, 0.2) is 36.4 Å². The van der Waals surface area contributed by atoms with E-state index in [1.54, 1.807) is 0 Å². The molecular formula is C13H9ClF2N2O. The van der Waals surface area contributed by atoms with Gasteiger partial charge in [0, 0.05) is 10.7 Å². The predicted molar refractivity (Wildman–Crippen MR) is 70.2 cm³/mol. The monoisotopic (exact) mass is 282 g/mol. The number of hydrogen-bond donors (Lipinski definition) is 2. The van der Waals surface area contributed by atoms with Crippen molar-refractivity contribution in [2.45, 2.75) is 0 Å². The molecule has 3 N–H and O–H groups in total. The normalized spacial score (nSPS) is 10.3. The Labute approximate surface area is 113 Å². The van der Waals surface area contributed by atoms with Crippen LogP contribution in [-0.4, -0.2) is 5.91 Å². The van der Waals surface area contributed by atoms with Crippen molar-refractivity contribution in [3.05, 3.63) is 58.6 Å². The maximum atomic E-state index is 13.2. The molecule has 1 amide bonds. The topological polar surface area (TPSA) is 55.1 Å². The number of rotatable bonds is 2. The SMILES string of the molecule is Nc1c(F)cccc1C(=O)Nc1cc(F)cc(Cl)c1. The second-order valence-corrected chi connectivity index (χ2v) is 4.25. The molecule has 3 nitrogen and oxygen atoms in total. The molecular weight excluding hydrogens is 274 g/mol. The van der Waals surface area contributed by atoms with Gasteiger partial charge in [0.25, 0.3) is 5.91 Å². The molecule has 0 aliphatic rings. The quantitative estimate of drug-likeness (QED) is 0.829. The Balaban J connectivity index is 2.28. The zero-order chi connectivity index (χ0) is 14.0. The fraction of sp³-hybridized carbons (Fsp3) is 0. The van der Waals surface area contributed by atoms with Crippen molar-refractivity contribution in [2.75, 3.05) is 11.1 Å². The van der Waals surface area contributed by atoms with Gasteiger partial charge >= 0.3 is 0 Å². The van der Waals surface area contributed by atoms with Gasteiger partial charge in [-0.1, -0.05) is 17.7 Å². The number of para-hydroxylation sites is 1. The lowest BCUT2D eigenvalue weighted by atomic mass is 10.1. The van der Waals surface area contributed by atoms with E-state index < -0.39 is 17.5 Å². The first-order valence-corrected chi connectivity index (χ1v) is 5.66. The van der Waals surface area contributed by atoms with Gasteiger partial charge in [0.2, 0.25) is 0 Å². The number of nitrogen functional groups attached to an aromatic ring is 1. The Morgan fingerprint density at radius 1 is 1.21 bits per heavy atom. The van der Waals surface area contributed by atoms with Crippen molar-refractivity contribution in [3.63, 3.8) is 0 Å². The van der Waals surface area contributed by atoms with Gasteiger partial charge in [0.15, 0.2) is 0 Å². The van der Waals surface area contributed by atoms with Crippen LogP contribution in [0.3, 0.4) is 0 Å². The molecule has 0 saturated heterocycles. The van der Waals surface area contributed by atoms with E-state index in [-0.39, 0.29) is 22.0 Å². The van der Waals surface area contributed by atoms with Crippen LogP contribution in [0.4, 0.5) is 20.2 Å². The molecule has 19 heavy (non-hydrogen) atoms. The van der Waals surface area contributed by atoms with E-state index in [9.17, 15) is 13.6 Å². The maximum Gasteiger partial charge on any atom is 0.257 e. The van der Waals surface area contributed by atoms with Crippen molar-refractivity contribution in [1.29, 1.82) is 0 Å². The highest BCUT2D eigenvalue weighted by atomic mass is 35.5. The Morgan fingerprint density at radius 2 is 1.95 bits per heavy atom. The lowest BCUT2D eigenvalue weighted by molar-refractivity contribution is 0.102. The number of carbonyl (C=O) groups is 1. The average Bonchev–Trinajstić information content (AvgIpc) is 2.31. The smallest absolute Gasteiger partial charge is 0.257 e. The molecule has 0 heterocycles. The Morgan fingerprint density at radius 3 is 2.63 bits per heavy atom. The summed E-state index contributed by atoms with van der Waals surface area (Å²) in [6.45, 7) is 0. The lowest BCUT2D eigenvalue weighted by Gasteiger charge is -2.08. The van der Waals surface area contributed by atoms with Gasteiger partial charge in [-0.3, -0.25) is 4.79 Å². The molecule has 0 radical (unpaired) electrons. The van der Waals surface area contributed by atoms with Gasteiger partial charge in [-0.05, 0) is 30.3 Å². The number of carbonyl (C=O) groups excluding carboxylic acids is 1. The Bertz CT molecular complexity index is 626. The molecule has 0 atom stereocenters. The van der Waals surface area contributed by atoms with E-state index in [0.717, 1.165) is 18.2 Å². The molecule has 98 valence electrons. The van der Waals surface area contributed by atoms with Gasteiger partial charge in [0.05, 0.1) is 11.3 Å². The minimum absolute atomic E-state index is 0.0274. The largest absolute Gasteiger partial charge is 0.396 e. The van der Waals surface area contributed by atoms with Crippen LogP contribution in [0.1, 0.15) is 10.4 Å². The van der Waals surface area contributed by atoms with Crippen LogP contribution in [0.2, 0.25) is 5.02 Å². The van der Waals surface area contributed by atoms with Crippen LogP contribution >= 0.6 is 11.6 Å². The third kappa shape index (κ3) is 3.00. The molecule has 0 aliphatic heterocycles. The second-order valence-electron chi connectivity index (χ2n) is 3.81. The standard InChI is InChI=1S/C13H9ClF2N2O/c14-7-4-8(15)6-9(5-7)18-13(19)10-2-1-3-11(16)12(10)17/h1-6H,17H2,(H,18,19). The number of nitrogens with two attached hydrogens (primary N) is 1. The summed E-state index contributed by atoms with van der Waals surface area (Å²) in [5, 5.41) is 2.54. The summed E-state index contributed by atoms with van der Waals surface area (Å²) in [6.07, 6.45) is 0. The highest BCUT2D eigenvalue weighted by molar-refractivity contribution is 6.31. The fourth-order valence-electron chi connectivity index (χ4n) is 1.56. The molecule has 0 bridgehead atoms. The average molecular weight is 283 g/mol. The van der Waals surface area contributed by atoms with Crippen molar-refractivity contribution in [3.8, 4) is 0 Å². The van der Waals surface area contributed by atoms with Gasteiger partial charge in [-0.2, -0.15) is 0 Å². The van der Waals surface area contributed by atoms with Crippen molar-refractivity contribution in [1.82, 2.24) is 0 Å². The van der Waals surface area contributed by atoms with Crippen LogP contribution in [-0.2, 0) is 0 Å². The highest BCUT2D eigenvalue weighted by Crippen LogP contribution is 2.21. The molecule has 0 unspecified atom stereocenters. The van der Waals surface area contributed by atoms with Gasteiger partial charge in [0.1, 0.15) is 11.6 Å². The van der Waals surface area contributed by atoms with E-state index >= 15 is 0 Å². The number of anilines is 2. The summed E-state index contributed by atoms with van der Waals surface area (Å²) < 4.78 is 26.3. The highest BCUT2D eigenvalue weighted by Gasteiger charge is 2.13. The molecule has 0 fully saturated rings. The van der Waals surface area contributed by atoms with E-state index in [1.165, 1.54) is 18.2 Å². The molecule has 0 saturated carbocycles.